The minimum absolute atomic E-state index is 0.106. The van der Waals surface area contributed by atoms with Crippen molar-refractivity contribution in [2.75, 3.05) is 22.1 Å². The maximum absolute atomic E-state index is 12.4. The van der Waals surface area contributed by atoms with Crippen LogP contribution in [0.2, 0.25) is 0 Å². The third-order valence-electron chi connectivity index (χ3n) is 4.23. The van der Waals surface area contributed by atoms with Gasteiger partial charge in [0.25, 0.3) is 5.91 Å². The van der Waals surface area contributed by atoms with Crippen molar-refractivity contribution >= 4 is 27.2 Å². The average molecular weight is 359 g/mol. The number of benzene rings is 1. The van der Waals surface area contributed by atoms with Crippen molar-refractivity contribution in [1.29, 1.82) is 0 Å². The largest absolute Gasteiger partial charge is 0.366 e. The first kappa shape index (κ1) is 17.4. The van der Waals surface area contributed by atoms with Crippen LogP contribution in [-0.4, -0.2) is 36.9 Å². The lowest BCUT2D eigenvalue weighted by Crippen LogP contribution is -2.21. The van der Waals surface area contributed by atoms with Crippen LogP contribution in [0.25, 0.3) is 0 Å². The Kier molecular flexibility index (Phi) is 5.03. The lowest BCUT2D eigenvalue weighted by atomic mass is 10.1. The van der Waals surface area contributed by atoms with E-state index in [1.807, 2.05) is 24.3 Å². The highest BCUT2D eigenvalue weighted by Gasteiger charge is 2.28. The van der Waals surface area contributed by atoms with Crippen LogP contribution in [0.4, 0.5) is 11.5 Å². The highest BCUT2D eigenvalue weighted by Crippen LogP contribution is 2.18. The van der Waals surface area contributed by atoms with E-state index in [1.165, 1.54) is 5.56 Å². The summed E-state index contributed by atoms with van der Waals surface area (Å²) < 4.78 is 23.1. The van der Waals surface area contributed by atoms with Gasteiger partial charge in [-0.3, -0.25) is 4.79 Å². The van der Waals surface area contributed by atoms with Crippen molar-refractivity contribution < 1.29 is 13.2 Å². The molecule has 0 spiro atoms. The lowest BCUT2D eigenvalue weighted by molar-refractivity contribution is 0.102. The zero-order valence-corrected chi connectivity index (χ0v) is 14.8. The summed E-state index contributed by atoms with van der Waals surface area (Å²) >= 11 is 0. The zero-order valence-electron chi connectivity index (χ0n) is 14.0. The molecule has 25 heavy (non-hydrogen) atoms. The number of aromatic nitrogens is 1. The molecule has 6 nitrogen and oxygen atoms in total. The van der Waals surface area contributed by atoms with Gasteiger partial charge in [-0.05, 0) is 42.7 Å². The molecule has 2 aromatic rings. The standard InChI is InChI=1S/C18H21N3O3S/c1-2-13-3-5-15(6-4-13)21-18(22)14-7-9-19-17(11-14)20-16-8-10-25(23,24)12-16/h3-7,9,11,16H,2,8,10,12H2,1H3,(H,19,20)(H,21,22). The number of aryl methyl sites for hydroxylation is 1. The van der Waals surface area contributed by atoms with Crippen molar-refractivity contribution in [2.45, 2.75) is 25.8 Å². The molecular weight excluding hydrogens is 338 g/mol. The molecule has 7 heteroatoms. The van der Waals surface area contributed by atoms with Crippen molar-refractivity contribution in [3.8, 4) is 0 Å². The summed E-state index contributed by atoms with van der Waals surface area (Å²) in [6, 6.07) is 10.8. The maximum Gasteiger partial charge on any atom is 0.255 e. The molecule has 1 aromatic carbocycles. The molecule has 1 aliphatic rings. The van der Waals surface area contributed by atoms with E-state index >= 15 is 0 Å². The molecular formula is C18H21N3O3S. The van der Waals surface area contributed by atoms with E-state index in [4.69, 9.17) is 0 Å². The third kappa shape index (κ3) is 4.57. The second kappa shape index (κ2) is 7.23. The molecule has 2 heterocycles. The Balaban J connectivity index is 1.66. The topological polar surface area (TPSA) is 88.2 Å². The number of nitrogens with zero attached hydrogens (tertiary/aromatic N) is 1. The number of nitrogens with one attached hydrogen (secondary N) is 2. The van der Waals surface area contributed by atoms with E-state index in [0.29, 0.717) is 17.8 Å². The van der Waals surface area contributed by atoms with Gasteiger partial charge in [-0.2, -0.15) is 0 Å². The monoisotopic (exact) mass is 359 g/mol. The summed E-state index contributed by atoms with van der Waals surface area (Å²) in [5, 5.41) is 5.95. The first-order valence-corrected chi connectivity index (χ1v) is 10.1. The first-order valence-electron chi connectivity index (χ1n) is 8.28. The average Bonchev–Trinajstić information content (AvgIpc) is 2.94. The molecule has 0 saturated carbocycles. The first-order chi connectivity index (χ1) is 11.9. The van der Waals surface area contributed by atoms with Crippen LogP contribution < -0.4 is 10.6 Å². The molecule has 0 bridgehead atoms. The number of hydrogen-bond donors (Lipinski definition) is 2. The molecule has 1 fully saturated rings. The summed E-state index contributed by atoms with van der Waals surface area (Å²) in [5.41, 5.74) is 2.41. The maximum atomic E-state index is 12.4. The molecule has 0 radical (unpaired) electrons. The van der Waals surface area contributed by atoms with E-state index < -0.39 is 9.84 Å². The number of carbonyl (C=O) groups excluding carboxylic acids is 1. The number of pyridine rings is 1. The summed E-state index contributed by atoms with van der Waals surface area (Å²) in [5.74, 6) is 0.581. The highest BCUT2D eigenvalue weighted by molar-refractivity contribution is 7.91. The third-order valence-corrected chi connectivity index (χ3v) is 5.99. The number of sulfone groups is 1. The summed E-state index contributed by atoms with van der Waals surface area (Å²) in [6.45, 7) is 2.08. The molecule has 2 N–H and O–H groups in total. The van der Waals surface area contributed by atoms with Crippen LogP contribution in [0, 0.1) is 0 Å². The van der Waals surface area contributed by atoms with Crippen molar-refractivity contribution in [3.63, 3.8) is 0 Å². The molecule has 1 unspecified atom stereocenters. The fourth-order valence-corrected chi connectivity index (χ4v) is 4.47. The van der Waals surface area contributed by atoms with Gasteiger partial charge >= 0.3 is 0 Å². The predicted molar refractivity (Wildman–Crippen MR) is 98.7 cm³/mol. The quantitative estimate of drug-likeness (QED) is 0.856. The van der Waals surface area contributed by atoms with Crippen LogP contribution >= 0.6 is 0 Å². The summed E-state index contributed by atoms with van der Waals surface area (Å²) in [4.78, 5) is 16.6. The smallest absolute Gasteiger partial charge is 0.255 e. The van der Waals surface area contributed by atoms with Crippen LogP contribution in [0.5, 0.6) is 0 Å². The van der Waals surface area contributed by atoms with Gasteiger partial charge in [0, 0.05) is 23.5 Å². The van der Waals surface area contributed by atoms with Gasteiger partial charge in [-0.15, -0.1) is 0 Å². The second-order valence-electron chi connectivity index (χ2n) is 6.18. The Labute approximate surface area is 147 Å². The van der Waals surface area contributed by atoms with E-state index in [0.717, 1.165) is 12.1 Å². The zero-order chi connectivity index (χ0) is 17.9. The lowest BCUT2D eigenvalue weighted by Gasteiger charge is -2.12. The number of carbonyl (C=O) groups is 1. The number of hydrogen-bond acceptors (Lipinski definition) is 5. The van der Waals surface area contributed by atoms with E-state index in [9.17, 15) is 13.2 Å². The fraction of sp³-hybridized carbons (Fsp3) is 0.333. The van der Waals surface area contributed by atoms with Gasteiger partial charge in [0.05, 0.1) is 11.5 Å². The van der Waals surface area contributed by atoms with Gasteiger partial charge in [0.15, 0.2) is 9.84 Å². The summed E-state index contributed by atoms with van der Waals surface area (Å²) in [6.07, 6.45) is 3.05. The number of rotatable bonds is 5. The Morgan fingerprint density at radius 3 is 2.64 bits per heavy atom. The minimum Gasteiger partial charge on any atom is -0.366 e. The number of anilines is 2. The molecule has 1 saturated heterocycles. The second-order valence-corrected chi connectivity index (χ2v) is 8.41. The SMILES string of the molecule is CCc1ccc(NC(=O)c2ccnc(NC3CCS(=O)(=O)C3)c2)cc1. The highest BCUT2D eigenvalue weighted by atomic mass is 32.2. The molecule has 3 rings (SSSR count). The van der Waals surface area contributed by atoms with Gasteiger partial charge in [-0.25, -0.2) is 13.4 Å². The van der Waals surface area contributed by atoms with Gasteiger partial charge < -0.3 is 10.6 Å². The van der Waals surface area contributed by atoms with Gasteiger partial charge in [0.2, 0.25) is 0 Å². The van der Waals surface area contributed by atoms with Crippen LogP contribution in [0.1, 0.15) is 29.3 Å². The van der Waals surface area contributed by atoms with Crippen LogP contribution in [-0.2, 0) is 16.3 Å². The summed E-state index contributed by atoms with van der Waals surface area (Å²) in [7, 11) is -2.96. The van der Waals surface area contributed by atoms with Gasteiger partial charge in [0.1, 0.15) is 5.82 Å². The minimum atomic E-state index is -2.96. The molecule has 1 amide bonds. The Morgan fingerprint density at radius 1 is 1.24 bits per heavy atom. The van der Waals surface area contributed by atoms with Crippen molar-refractivity contribution in [1.82, 2.24) is 4.98 Å². The molecule has 132 valence electrons. The van der Waals surface area contributed by atoms with Crippen LogP contribution in [0.15, 0.2) is 42.6 Å². The van der Waals surface area contributed by atoms with Crippen molar-refractivity contribution in [3.05, 3.63) is 53.7 Å². The molecule has 1 aromatic heterocycles. The van der Waals surface area contributed by atoms with E-state index in [-0.39, 0.29) is 23.5 Å². The molecule has 1 atom stereocenters. The predicted octanol–water partition coefficient (Wildman–Crippen LogP) is 2.50. The fourth-order valence-electron chi connectivity index (χ4n) is 2.80. The Hall–Kier alpha value is -2.41. The van der Waals surface area contributed by atoms with Crippen LogP contribution in [0.3, 0.4) is 0 Å². The Morgan fingerprint density at radius 2 is 2.00 bits per heavy atom. The normalized spacial score (nSPS) is 18.7. The molecule has 0 aliphatic carbocycles. The van der Waals surface area contributed by atoms with E-state index in [2.05, 4.69) is 22.5 Å². The van der Waals surface area contributed by atoms with Crippen molar-refractivity contribution in [2.24, 2.45) is 0 Å². The molecule has 1 aliphatic heterocycles. The van der Waals surface area contributed by atoms with Gasteiger partial charge in [-0.1, -0.05) is 19.1 Å². The van der Waals surface area contributed by atoms with E-state index in [1.54, 1.807) is 18.3 Å². The Bertz CT molecular complexity index is 863. The number of amides is 1.